The van der Waals surface area contributed by atoms with Crippen molar-refractivity contribution in [3.8, 4) is 0 Å². The lowest BCUT2D eigenvalue weighted by atomic mass is 10.0. The number of aromatic nitrogens is 2. The van der Waals surface area contributed by atoms with Gasteiger partial charge in [0.25, 0.3) is 5.91 Å². The van der Waals surface area contributed by atoms with Crippen molar-refractivity contribution in [2.75, 3.05) is 29.6 Å². The Morgan fingerprint density at radius 2 is 2.00 bits per heavy atom. The van der Waals surface area contributed by atoms with E-state index < -0.39 is 24.2 Å². The monoisotopic (exact) mass is 419 g/mol. The quantitative estimate of drug-likeness (QED) is 0.653. The molecule has 0 saturated carbocycles. The summed E-state index contributed by atoms with van der Waals surface area (Å²) < 4.78 is 47.1. The average Bonchev–Trinajstić information content (AvgIpc) is 3.36. The highest BCUT2D eigenvalue weighted by Crippen LogP contribution is 2.43. The van der Waals surface area contributed by atoms with Crippen molar-refractivity contribution < 1.29 is 22.4 Å². The summed E-state index contributed by atoms with van der Waals surface area (Å²) in [6.07, 6.45) is -3.41. The number of halogens is 3. The Morgan fingerprint density at radius 1 is 1.27 bits per heavy atom. The molecule has 158 valence electrons. The number of benzene rings is 1. The Kier molecular flexibility index (Phi) is 4.92. The molecular weight excluding hydrogens is 399 g/mol. The molecule has 1 aliphatic heterocycles. The molecule has 2 atom stereocenters. The number of rotatable bonds is 4. The summed E-state index contributed by atoms with van der Waals surface area (Å²) >= 11 is 0. The van der Waals surface area contributed by atoms with E-state index in [0.717, 1.165) is 10.4 Å². The van der Waals surface area contributed by atoms with Crippen LogP contribution < -0.4 is 15.5 Å². The maximum atomic E-state index is 13.7. The molecule has 2 N–H and O–H groups in total. The predicted octanol–water partition coefficient (Wildman–Crippen LogP) is 4.45. The van der Waals surface area contributed by atoms with Gasteiger partial charge < -0.3 is 20.0 Å². The minimum Gasteiger partial charge on any atom is -0.467 e. The van der Waals surface area contributed by atoms with Crippen LogP contribution in [0.2, 0.25) is 0 Å². The minimum absolute atomic E-state index is 0.108. The highest BCUT2D eigenvalue weighted by atomic mass is 19.4. The van der Waals surface area contributed by atoms with Gasteiger partial charge >= 0.3 is 6.18 Å². The molecular formula is C20H20F3N5O2. The third kappa shape index (κ3) is 3.85. The summed E-state index contributed by atoms with van der Waals surface area (Å²) in [4.78, 5) is 14.5. The molecule has 0 unspecified atom stereocenters. The molecule has 0 radical (unpaired) electrons. The number of amides is 1. The second-order valence-corrected chi connectivity index (χ2v) is 7.26. The first-order valence-corrected chi connectivity index (χ1v) is 9.27. The molecule has 0 saturated heterocycles. The summed E-state index contributed by atoms with van der Waals surface area (Å²) in [5.74, 6) is -0.0893. The first-order valence-electron chi connectivity index (χ1n) is 9.27. The fourth-order valence-electron chi connectivity index (χ4n) is 3.40. The number of nitrogens with one attached hydrogen (secondary N) is 2. The SMILES string of the molecule is CN(C)c1ccc(NC(=O)c2cc3n(n2)[C@@H](C(F)(F)F)C[C@@H](c2ccco2)N3)cc1. The summed E-state index contributed by atoms with van der Waals surface area (Å²) in [5.41, 5.74) is 1.36. The van der Waals surface area contributed by atoms with Crippen LogP contribution in [-0.2, 0) is 0 Å². The van der Waals surface area contributed by atoms with Crippen LogP contribution in [0.25, 0.3) is 0 Å². The van der Waals surface area contributed by atoms with Crippen LogP contribution >= 0.6 is 0 Å². The lowest BCUT2D eigenvalue weighted by Crippen LogP contribution is -2.35. The molecule has 1 aromatic carbocycles. The van der Waals surface area contributed by atoms with Gasteiger partial charge in [-0.15, -0.1) is 0 Å². The lowest BCUT2D eigenvalue weighted by molar-refractivity contribution is -0.174. The second-order valence-electron chi connectivity index (χ2n) is 7.26. The zero-order valence-corrected chi connectivity index (χ0v) is 16.3. The largest absolute Gasteiger partial charge is 0.467 e. The molecule has 7 nitrogen and oxygen atoms in total. The first kappa shape index (κ1) is 19.9. The van der Waals surface area contributed by atoms with Crippen LogP contribution in [-0.4, -0.2) is 36.0 Å². The summed E-state index contributed by atoms with van der Waals surface area (Å²) in [5, 5.41) is 9.59. The van der Waals surface area contributed by atoms with E-state index >= 15 is 0 Å². The van der Waals surface area contributed by atoms with Gasteiger partial charge in [0.2, 0.25) is 0 Å². The van der Waals surface area contributed by atoms with Crippen LogP contribution in [0.4, 0.5) is 30.4 Å². The van der Waals surface area contributed by atoms with E-state index in [1.54, 1.807) is 24.3 Å². The normalized spacial score (nSPS) is 18.4. The zero-order chi connectivity index (χ0) is 21.5. The molecule has 3 heterocycles. The minimum atomic E-state index is -4.52. The van der Waals surface area contributed by atoms with Crippen molar-refractivity contribution in [1.29, 1.82) is 0 Å². The van der Waals surface area contributed by atoms with E-state index in [4.69, 9.17) is 4.42 Å². The van der Waals surface area contributed by atoms with Gasteiger partial charge in [-0.1, -0.05) is 0 Å². The number of anilines is 3. The molecule has 4 rings (SSSR count). The van der Waals surface area contributed by atoms with Crippen molar-refractivity contribution >= 4 is 23.1 Å². The van der Waals surface area contributed by atoms with Gasteiger partial charge in [0.05, 0.1) is 12.3 Å². The Balaban J connectivity index is 1.59. The van der Waals surface area contributed by atoms with E-state index in [1.807, 2.05) is 31.1 Å². The number of fused-ring (bicyclic) bond motifs is 1. The highest BCUT2D eigenvalue weighted by Gasteiger charge is 2.47. The standard InChI is InChI=1S/C20H20F3N5O2/c1-27(2)13-7-5-12(6-8-13)24-19(29)15-11-18-25-14(16-4-3-9-30-16)10-17(20(21,22)23)28(18)26-15/h3-9,11,14,17,25H,10H2,1-2H3,(H,24,29)/t14-,17+/m0/s1. The van der Waals surface area contributed by atoms with Crippen molar-refractivity contribution in [2.45, 2.75) is 24.7 Å². The van der Waals surface area contributed by atoms with Crippen LogP contribution in [0.1, 0.15) is 34.8 Å². The molecule has 1 aliphatic rings. The van der Waals surface area contributed by atoms with Gasteiger partial charge in [-0.3, -0.25) is 4.79 Å². The fourth-order valence-corrected chi connectivity index (χ4v) is 3.40. The average molecular weight is 419 g/mol. The smallest absolute Gasteiger partial charge is 0.410 e. The number of hydrogen-bond donors (Lipinski definition) is 2. The Morgan fingerprint density at radius 3 is 2.60 bits per heavy atom. The molecule has 1 amide bonds. The van der Waals surface area contributed by atoms with E-state index in [9.17, 15) is 18.0 Å². The number of hydrogen-bond acceptors (Lipinski definition) is 5. The predicted molar refractivity (Wildman–Crippen MR) is 106 cm³/mol. The van der Waals surface area contributed by atoms with Gasteiger partial charge in [0.1, 0.15) is 11.6 Å². The van der Waals surface area contributed by atoms with Crippen molar-refractivity contribution in [1.82, 2.24) is 9.78 Å². The van der Waals surface area contributed by atoms with Crippen LogP contribution in [0.5, 0.6) is 0 Å². The Hall–Kier alpha value is -3.43. The molecule has 10 heteroatoms. The Labute approximate surface area is 170 Å². The van der Waals surface area contributed by atoms with E-state index in [0.29, 0.717) is 11.4 Å². The number of furan rings is 1. The van der Waals surface area contributed by atoms with Gasteiger partial charge in [0.15, 0.2) is 11.7 Å². The van der Waals surface area contributed by atoms with Gasteiger partial charge in [0, 0.05) is 38.0 Å². The summed E-state index contributed by atoms with van der Waals surface area (Å²) in [7, 11) is 3.78. The molecule has 0 spiro atoms. The molecule has 0 aliphatic carbocycles. The summed E-state index contributed by atoms with van der Waals surface area (Å²) in [6.45, 7) is 0. The topological polar surface area (TPSA) is 75.3 Å². The number of alkyl halides is 3. The molecule has 2 aromatic heterocycles. The second kappa shape index (κ2) is 7.43. The number of nitrogens with zero attached hydrogens (tertiary/aromatic N) is 3. The fraction of sp³-hybridized carbons (Fsp3) is 0.300. The van der Waals surface area contributed by atoms with Crippen LogP contribution in [0.15, 0.2) is 53.1 Å². The first-order chi connectivity index (χ1) is 14.2. The maximum Gasteiger partial charge on any atom is 0.410 e. The molecule has 0 bridgehead atoms. The van der Waals surface area contributed by atoms with Gasteiger partial charge in [-0.25, -0.2) is 4.68 Å². The van der Waals surface area contributed by atoms with Gasteiger partial charge in [-0.2, -0.15) is 18.3 Å². The van der Waals surface area contributed by atoms with Crippen LogP contribution in [0, 0.1) is 0 Å². The van der Waals surface area contributed by atoms with Crippen molar-refractivity contribution in [2.24, 2.45) is 0 Å². The third-order valence-corrected chi connectivity index (χ3v) is 4.95. The highest BCUT2D eigenvalue weighted by molar-refractivity contribution is 6.03. The van der Waals surface area contributed by atoms with E-state index in [2.05, 4.69) is 15.7 Å². The van der Waals surface area contributed by atoms with Crippen molar-refractivity contribution in [3.63, 3.8) is 0 Å². The van der Waals surface area contributed by atoms with Gasteiger partial charge in [-0.05, 0) is 36.4 Å². The number of carbonyl (C=O) groups is 1. The zero-order valence-electron chi connectivity index (χ0n) is 16.3. The molecule has 30 heavy (non-hydrogen) atoms. The number of carbonyl (C=O) groups excluding carboxylic acids is 1. The third-order valence-electron chi connectivity index (χ3n) is 4.95. The Bertz CT molecular complexity index is 1030. The van der Waals surface area contributed by atoms with E-state index in [-0.39, 0.29) is 17.9 Å². The van der Waals surface area contributed by atoms with Crippen molar-refractivity contribution in [3.05, 3.63) is 60.2 Å². The lowest BCUT2D eigenvalue weighted by Gasteiger charge is -2.32. The van der Waals surface area contributed by atoms with E-state index in [1.165, 1.54) is 12.3 Å². The molecule has 0 fully saturated rings. The maximum absolute atomic E-state index is 13.7. The summed E-state index contributed by atoms with van der Waals surface area (Å²) in [6, 6.07) is 9.08. The van der Waals surface area contributed by atoms with Crippen LogP contribution in [0.3, 0.4) is 0 Å². The molecule has 3 aromatic rings.